The van der Waals surface area contributed by atoms with Crippen molar-refractivity contribution in [2.75, 3.05) is 17.7 Å². The number of carbonyl (C=O) groups excluding carboxylic acids is 1. The summed E-state index contributed by atoms with van der Waals surface area (Å²) in [5.41, 5.74) is 1.95. The third-order valence-corrected chi connectivity index (χ3v) is 6.50. The topological polar surface area (TPSA) is 75.7 Å². The minimum Gasteiger partial charge on any atom is -0.496 e. The van der Waals surface area contributed by atoms with Crippen molar-refractivity contribution in [2.45, 2.75) is 45.7 Å². The highest BCUT2D eigenvalue weighted by molar-refractivity contribution is 7.92. The second-order valence-corrected chi connectivity index (χ2v) is 9.55. The predicted octanol–water partition coefficient (Wildman–Crippen LogP) is 4.61. The van der Waals surface area contributed by atoms with Gasteiger partial charge in [0, 0.05) is 0 Å². The van der Waals surface area contributed by atoms with Crippen molar-refractivity contribution >= 4 is 33.2 Å². The highest BCUT2D eigenvalue weighted by Crippen LogP contribution is 2.29. The van der Waals surface area contributed by atoms with E-state index in [9.17, 15) is 17.6 Å². The summed E-state index contributed by atoms with van der Waals surface area (Å²) in [7, 11) is -2.26. The molecule has 2 atom stereocenters. The van der Waals surface area contributed by atoms with E-state index >= 15 is 0 Å². The van der Waals surface area contributed by atoms with Gasteiger partial charge in [-0.3, -0.25) is 9.10 Å². The molecule has 1 amide bonds. The Kier molecular flexibility index (Phi) is 8.31. The van der Waals surface area contributed by atoms with Crippen LogP contribution in [0.4, 0.5) is 10.1 Å². The fraction of sp³-hybridized carbons (Fsp3) is 0.409. The zero-order valence-corrected chi connectivity index (χ0v) is 19.8. The second-order valence-electron chi connectivity index (χ2n) is 7.28. The summed E-state index contributed by atoms with van der Waals surface area (Å²) in [4.78, 5) is 13.2. The number of sulfonamides is 1. The summed E-state index contributed by atoms with van der Waals surface area (Å²) in [5.74, 6) is -0.376. The summed E-state index contributed by atoms with van der Waals surface area (Å²) in [6.45, 7) is 5.56. The quantitative estimate of drug-likeness (QED) is 0.580. The monoisotopic (exact) mass is 470 g/mol. The van der Waals surface area contributed by atoms with E-state index in [2.05, 4.69) is 5.32 Å². The molecule has 0 bridgehead atoms. The van der Waals surface area contributed by atoms with Gasteiger partial charge in [-0.25, -0.2) is 12.8 Å². The van der Waals surface area contributed by atoms with Gasteiger partial charge in [-0.1, -0.05) is 37.6 Å². The smallest absolute Gasteiger partial charge is 0.244 e. The number of benzene rings is 2. The van der Waals surface area contributed by atoms with Gasteiger partial charge < -0.3 is 10.1 Å². The Hall–Kier alpha value is -2.32. The van der Waals surface area contributed by atoms with Crippen molar-refractivity contribution in [1.82, 2.24) is 5.32 Å². The number of nitrogens with zero attached hydrogens (tertiary/aromatic N) is 1. The molecule has 0 aromatic heterocycles. The molecule has 0 aliphatic rings. The molecule has 2 aromatic carbocycles. The molecule has 31 heavy (non-hydrogen) atoms. The summed E-state index contributed by atoms with van der Waals surface area (Å²) in [6.07, 6.45) is 1.82. The lowest BCUT2D eigenvalue weighted by Crippen LogP contribution is -2.50. The minimum atomic E-state index is -3.85. The first kappa shape index (κ1) is 24.9. The molecule has 0 aliphatic carbocycles. The number of amides is 1. The van der Waals surface area contributed by atoms with Crippen LogP contribution in [-0.2, 0) is 14.8 Å². The van der Waals surface area contributed by atoms with Crippen molar-refractivity contribution in [3.8, 4) is 5.75 Å². The molecule has 1 N–H and O–H groups in total. The predicted molar refractivity (Wildman–Crippen MR) is 122 cm³/mol. The van der Waals surface area contributed by atoms with Crippen LogP contribution in [-0.4, -0.2) is 33.7 Å². The molecule has 0 aliphatic heterocycles. The van der Waals surface area contributed by atoms with Crippen LogP contribution >= 0.6 is 11.6 Å². The summed E-state index contributed by atoms with van der Waals surface area (Å²) < 4.78 is 45.0. The summed E-state index contributed by atoms with van der Waals surface area (Å²) >= 11 is 5.85. The Labute approximate surface area is 188 Å². The van der Waals surface area contributed by atoms with Crippen LogP contribution in [0.1, 0.15) is 43.9 Å². The average Bonchev–Trinajstić information content (AvgIpc) is 2.71. The maximum atomic E-state index is 13.6. The van der Waals surface area contributed by atoms with E-state index in [-0.39, 0.29) is 23.2 Å². The molecule has 0 saturated carbocycles. The molecule has 2 aromatic rings. The van der Waals surface area contributed by atoms with Gasteiger partial charge in [-0.2, -0.15) is 0 Å². The lowest BCUT2D eigenvalue weighted by atomic mass is 10.0. The number of hydrogen-bond acceptors (Lipinski definition) is 4. The average molecular weight is 471 g/mol. The number of methoxy groups -OCH3 is 1. The number of hydrogen-bond donors (Lipinski definition) is 1. The van der Waals surface area contributed by atoms with Crippen LogP contribution in [0.15, 0.2) is 36.4 Å². The third-order valence-electron chi connectivity index (χ3n) is 5.03. The van der Waals surface area contributed by atoms with Crippen LogP contribution < -0.4 is 14.4 Å². The number of carbonyl (C=O) groups is 1. The zero-order valence-electron chi connectivity index (χ0n) is 18.3. The minimum absolute atomic E-state index is 0.129. The van der Waals surface area contributed by atoms with Crippen LogP contribution in [0.25, 0.3) is 0 Å². The normalized spacial score (nSPS) is 13.4. The number of rotatable bonds is 9. The number of halogens is 2. The molecule has 0 saturated heterocycles. The van der Waals surface area contributed by atoms with E-state index < -0.39 is 27.8 Å². The molecule has 0 radical (unpaired) electrons. The van der Waals surface area contributed by atoms with Crippen LogP contribution in [0.2, 0.25) is 5.02 Å². The molecule has 170 valence electrons. The van der Waals surface area contributed by atoms with E-state index in [0.29, 0.717) is 6.42 Å². The molecule has 0 fully saturated rings. The maximum absolute atomic E-state index is 13.6. The third kappa shape index (κ3) is 5.89. The Bertz CT molecular complexity index is 1050. The Balaban J connectivity index is 2.38. The number of nitrogens with one attached hydrogen (secondary N) is 1. The van der Waals surface area contributed by atoms with Gasteiger partial charge in [0.25, 0.3) is 0 Å². The Morgan fingerprint density at radius 2 is 1.87 bits per heavy atom. The lowest BCUT2D eigenvalue weighted by molar-refractivity contribution is -0.123. The van der Waals surface area contributed by atoms with Crippen molar-refractivity contribution in [3.63, 3.8) is 0 Å². The van der Waals surface area contributed by atoms with Gasteiger partial charge in [-0.05, 0) is 55.2 Å². The van der Waals surface area contributed by atoms with Crippen molar-refractivity contribution in [1.29, 1.82) is 0 Å². The molecular formula is C22H28ClFN2O4S. The molecule has 0 heterocycles. The van der Waals surface area contributed by atoms with Crippen LogP contribution in [0.3, 0.4) is 0 Å². The van der Waals surface area contributed by atoms with E-state index in [1.807, 2.05) is 32.0 Å². The van der Waals surface area contributed by atoms with E-state index in [1.54, 1.807) is 14.0 Å². The maximum Gasteiger partial charge on any atom is 0.244 e. The van der Waals surface area contributed by atoms with Crippen molar-refractivity contribution in [3.05, 3.63) is 58.4 Å². The molecule has 6 nitrogen and oxygen atoms in total. The van der Waals surface area contributed by atoms with E-state index in [4.69, 9.17) is 16.3 Å². The van der Waals surface area contributed by atoms with Gasteiger partial charge in [0.2, 0.25) is 15.9 Å². The number of ether oxygens (including phenoxy) is 1. The van der Waals surface area contributed by atoms with Crippen LogP contribution in [0.5, 0.6) is 5.75 Å². The van der Waals surface area contributed by atoms with Crippen molar-refractivity contribution in [2.24, 2.45) is 0 Å². The molecule has 2 rings (SSSR count). The largest absolute Gasteiger partial charge is 0.496 e. The first-order valence-corrected chi connectivity index (χ1v) is 12.1. The SMILES string of the molecule is CC[C@H](C(=O)N[C@H](CC)c1ccc(OC)c(C)c1)N(c1ccc(F)c(Cl)c1)S(C)(=O)=O. The Morgan fingerprint density at radius 1 is 1.19 bits per heavy atom. The van der Waals surface area contributed by atoms with Crippen LogP contribution in [0, 0.1) is 12.7 Å². The molecule has 9 heteroatoms. The first-order chi connectivity index (χ1) is 14.5. The highest BCUT2D eigenvalue weighted by atomic mass is 35.5. The van der Waals surface area contributed by atoms with E-state index in [0.717, 1.165) is 33.5 Å². The van der Waals surface area contributed by atoms with Gasteiger partial charge in [0.1, 0.15) is 17.6 Å². The second kappa shape index (κ2) is 10.3. The zero-order chi connectivity index (χ0) is 23.3. The van der Waals surface area contributed by atoms with Gasteiger partial charge in [-0.15, -0.1) is 0 Å². The highest BCUT2D eigenvalue weighted by Gasteiger charge is 2.33. The molecule has 0 spiro atoms. The van der Waals surface area contributed by atoms with E-state index in [1.165, 1.54) is 12.1 Å². The fourth-order valence-electron chi connectivity index (χ4n) is 3.49. The summed E-state index contributed by atoms with van der Waals surface area (Å²) in [5, 5.41) is 2.73. The number of aryl methyl sites for hydroxylation is 1. The lowest BCUT2D eigenvalue weighted by Gasteiger charge is -2.31. The van der Waals surface area contributed by atoms with Gasteiger partial charge in [0.05, 0.1) is 30.1 Å². The molecule has 0 unspecified atom stereocenters. The molecular weight excluding hydrogens is 443 g/mol. The summed E-state index contributed by atoms with van der Waals surface area (Å²) in [6, 6.07) is 7.88. The van der Waals surface area contributed by atoms with Crippen molar-refractivity contribution < 1.29 is 22.3 Å². The number of anilines is 1. The first-order valence-electron chi connectivity index (χ1n) is 9.92. The standard InChI is InChI=1S/C22H28ClFN2O4S/c1-6-19(15-8-11-21(30-4)14(3)12-15)25-22(27)20(7-2)26(31(5,28)29)16-9-10-18(24)17(23)13-16/h8-13,19-20H,6-7H2,1-5H3,(H,25,27)/t19-,20-/m1/s1. The Morgan fingerprint density at radius 3 is 2.35 bits per heavy atom. The fourth-order valence-corrected chi connectivity index (χ4v) is 4.87. The van der Waals surface area contributed by atoms with Gasteiger partial charge >= 0.3 is 0 Å². The van der Waals surface area contributed by atoms with Gasteiger partial charge in [0.15, 0.2) is 0 Å².